The van der Waals surface area contributed by atoms with Gasteiger partial charge in [0.15, 0.2) is 5.65 Å². The minimum absolute atomic E-state index is 0.0428. The van der Waals surface area contributed by atoms with Crippen molar-refractivity contribution < 1.29 is 13.5 Å². The van der Waals surface area contributed by atoms with E-state index in [1.54, 1.807) is 74.2 Å². The molecule has 0 saturated heterocycles. The molecule has 0 bridgehead atoms. The third-order valence-corrected chi connectivity index (χ3v) is 6.27. The highest BCUT2D eigenvalue weighted by Crippen LogP contribution is 2.27. The van der Waals surface area contributed by atoms with Crippen molar-refractivity contribution in [2.75, 3.05) is 4.72 Å². The van der Waals surface area contributed by atoms with Gasteiger partial charge in [-0.1, -0.05) is 18.2 Å². The highest BCUT2D eigenvalue weighted by Gasteiger charge is 2.20. The van der Waals surface area contributed by atoms with Crippen LogP contribution in [-0.4, -0.2) is 33.3 Å². The number of benzene rings is 1. The first-order valence-corrected chi connectivity index (χ1v) is 10.8. The lowest BCUT2D eigenvalue weighted by atomic mass is 10.0. The highest BCUT2D eigenvalue weighted by atomic mass is 32.2. The summed E-state index contributed by atoms with van der Waals surface area (Å²) in [6.07, 6.45) is 1.94. The lowest BCUT2D eigenvalue weighted by molar-refractivity contribution is 0.215. The molecule has 0 radical (unpaired) electrons. The van der Waals surface area contributed by atoms with Crippen LogP contribution in [0.2, 0.25) is 0 Å². The van der Waals surface area contributed by atoms with E-state index in [2.05, 4.69) is 19.8 Å². The number of sulfonamides is 1. The molecule has 3 aromatic heterocycles. The maximum Gasteiger partial charge on any atom is 0.263 e. The third-order valence-electron chi connectivity index (χ3n) is 4.94. The van der Waals surface area contributed by atoms with Crippen LogP contribution in [-0.2, 0) is 17.1 Å². The van der Waals surface area contributed by atoms with E-state index in [1.807, 2.05) is 0 Å². The van der Waals surface area contributed by atoms with E-state index in [1.165, 1.54) is 6.20 Å². The number of hydrogen-bond acceptors (Lipinski definition) is 6. The van der Waals surface area contributed by atoms with Crippen LogP contribution >= 0.6 is 0 Å². The van der Waals surface area contributed by atoms with Gasteiger partial charge in [-0.3, -0.25) is 14.4 Å². The zero-order valence-electron chi connectivity index (χ0n) is 16.7. The molecular weight excluding hydrogens is 402 g/mol. The first kappa shape index (κ1) is 20.0. The first-order chi connectivity index (χ1) is 14.3. The van der Waals surface area contributed by atoms with Gasteiger partial charge in [0.05, 0.1) is 17.1 Å². The van der Waals surface area contributed by atoms with Crippen molar-refractivity contribution in [1.29, 1.82) is 0 Å². The second-order valence-electron chi connectivity index (χ2n) is 7.09. The van der Waals surface area contributed by atoms with Gasteiger partial charge in [0.2, 0.25) is 0 Å². The van der Waals surface area contributed by atoms with E-state index in [0.29, 0.717) is 33.7 Å². The molecule has 0 spiro atoms. The quantitative estimate of drug-likeness (QED) is 0.511. The standard InChI is InChI=1S/C21H21N5O3S/c1-13-7-8-15(20(27)18-6-4-5-9-22-18)10-19(13)25-30(28,29)16-11-17-14(2)24-26(3)21(17)23-12-16/h4-12,20,25,27H,1-3H3/t20-/m0/s1. The number of rotatable bonds is 5. The predicted molar refractivity (Wildman–Crippen MR) is 114 cm³/mol. The second kappa shape index (κ2) is 7.51. The van der Waals surface area contributed by atoms with E-state index >= 15 is 0 Å². The Balaban J connectivity index is 1.69. The van der Waals surface area contributed by atoms with Crippen LogP contribution in [0.15, 0.2) is 59.8 Å². The molecule has 8 nitrogen and oxygen atoms in total. The summed E-state index contributed by atoms with van der Waals surface area (Å²) in [5.74, 6) is 0. The summed E-state index contributed by atoms with van der Waals surface area (Å²) in [6.45, 7) is 3.60. The number of aliphatic hydroxyl groups is 1. The summed E-state index contributed by atoms with van der Waals surface area (Å²) in [6, 6.07) is 12.0. The molecule has 0 unspecified atom stereocenters. The van der Waals surface area contributed by atoms with Crippen LogP contribution < -0.4 is 4.72 Å². The summed E-state index contributed by atoms with van der Waals surface area (Å²) in [4.78, 5) is 8.46. The number of fused-ring (bicyclic) bond motifs is 1. The van der Waals surface area contributed by atoms with Gasteiger partial charge in [0.1, 0.15) is 11.0 Å². The van der Waals surface area contributed by atoms with Gasteiger partial charge in [-0.25, -0.2) is 13.4 Å². The number of hydrogen-bond donors (Lipinski definition) is 2. The summed E-state index contributed by atoms with van der Waals surface area (Å²) < 4.78 is 30.3. The molecule has 3 heterocycles. The van der Waals surface area contributed by atoms with E-state index in [9.17, 15) is 13.5 Å². The molecule has 154 valence electrons. The van der Waals surface area contributed by atoms with Crippen molar-refractivity contribution in [3.05, 3.63) is 77.4 Å². The Hall–Kier alpha value is -3.30. The number of nitrogens with one attached hydrogen (secondary N) is 1. The van der Waals surface area contributed by atoms with Gasteiger partial charge in [0, 0.05) is 24.8 Å². The number of aliphatic hydroxyl groups excluding tert-OH is 1. The SMILES string of the molecule is Cc1ccc([C@H](O)c2ccccn2)cc1NS(=O)(=O)c1cnc2c(c1)c(C)nn2C. The molecule has 4 aromatic rings. The zero-order chi connectivity index (χ0) is 21.5. The van der Waals surface area contributed by atoms with Gasteiger partial charge in [-0.15, -0.1) is 0 Å². The molecule has 4 rings (SSSR count). The van der Waals surface area contributed by atoms with Gasteiger partial charge in [-0.2, -0.15) is 5.10 Å². The number of pyridine rings is 2. The minimum Gasteiger partial charge on any atom is -0.382 e. The second-order valence-corrected chi connectivity index (χ2v) is 8.77. The fourth-order valence-corrected chi connectivity index (χ4v) is 4.36. The Morgan fingerprint density at radius 2 is 1.90 bits per heavy atom. The fraction of sp³-hybridized carbons (Fsp3) is 0.190. The Labute approximate surface area is 174 Å². The van der Waals surface area contributed by atoms with Crippen molar-refractivity contribution in [2.45, 2.75) is 24.8 Å². The minimum atomic E-state index is -3.89. The van der Waals surface area contributed by atoms with Crippen LogP contribution in [0, 0.1) is 13.8 Å². The molecule has 2 N–H and O–H groups in total. The molecule has 9 heteroatoms. The molecule has 0 aliphatic rings. The average Bonchev–Trinajstić information content (AvgIpc) is 3.03. The number of nitrogens with zero attached hydrogens (tertiary/aromatic N) is 4. The van der Waals surface area contributed by atoms with Crippen LogP contribution in [0.4, 0.5) is 5.69 Å². The van der Waals surface area contributed by atoms with Crippen LogP contribution in [0.3, 0.4) is 0 Å². The van der Waals surface area contributed by atoms with Crippen molar-refractivity contribution in [2.24, 2.45) is 7.05 Å². The van der Waals surface area contributed by atoms with E-state index < -0.39 is 16.1 Å². The number of anilines is 1. The Kier molecular flexibility index (Phi) is 5.00. The topological polar surface area (TPSA) is 110 Å². The molecule has 0 saturated carbocycles. The highest BCUT2D eigenvalue weighted by molar-refractivity contribution is 7.92. The van der Waals surface area contributed by atoms with Crippen molar-refractivity contribution in [3.8, 4) is 0 Å². The molecule has 0 aliphatic carbocycles. The van der Waals surface area contributed by atoms with Crippen molar-refractivity contribution in [1.82, 2.24) is 19.7 Å². The zero-order valence-corrected chi connectivity index (χ0v) is 17.6. The lowest BCUT2D eigenvalue weighted by Crippen LogP contribution is -2.15. The van der Waals surface area contributed by atoms with Gasteiger partial charge in [0.25, 0.3) is 10.0 Å². The molecule has 0 fully saturated rings. The molecule has 0 aliphatic heterocycles. The molecule has 1 aromatic carbocycles. The summed E-state index contributed by atoms with van der Waals surface area (Å²) >= 11 is 0. The van der Waals surface area contributed by atoms with E-state index in [4.69, 9.17) is 0 Å². The third kappa shape index (κ3) is 3.64. The van der Waals surface area contributed by atoms with Gasteiger partial charge >= 0.3 is 0 Å². The normalized spacial score (nSPS) is 12.8. The lowest BCUT2D eigenvalue weighted by Gasteiger charge is -2.15. The molecule has 1 atom stereocenters. The summed E-state index contributed by atoms with van der Waals surface area (Å²) in [5.41, 5.74) is 3.44. The Morgan fingerprint density at radius 3 is 2.63 bits per heavy atom. The van der Waals surface area contributed by atoms with Crippen LogP contribution in [0.1, 0.15) is 28.6 Å². The van der Waals surface area contributed by atoms with Gasteiger partial charge < -0.3 is 5.11 Å². The van der Waals surface area contributed by atoms with E-state index in [-0.39, 0.29) is 4.90 Å². The monoisotopic (exact) mass is 423 g/mol. The maximum atomic E-state index is 13.0. The molecule has 30 heavy (non-hydrogen) atoms. The molecular formula is C21H21N5O3S. The molecule has 0 amide bonds. The van der Waals surface area contributed by atoms with E-state index in [0.717, 1.165) is 5.56 Å². The maximum absolute atomic E-state index is 13.0. The van der Waals surface area contributed by atoms with Crippen molar-refractivity contribution >= 4 is 26.7 Å². The Morgan fingerprint density at radius 1 is 1.10 bits per heavy atom. The predicted octanol–water partition coefficient (Wildman–Crippen LogP) is 2.86. The Bertz CT molecular complexity index is 1330. The smallest absolute Gasteiger partial charge is 0.263 e. The number of aromatic nitrogens is 4. The largest absolute Gasteiger partial charge is 0.382 e. The van der Waals surface area contributed by atoms with Gasteiger partial charge in [-0.05, 0) is 49.2 Å². The summed E-state index contributed by atoms with van der Waals surface area (Å²) in [5, 5.41) is 15.6. The van der Waals surface area contributed by atoms with Crippen LogP contribution in [0.5, 0.6) is 0 Å². The fourth-order valence-electron chi connectivity index (χ4n) is 3.27. The van der Waals surface area contributed by atoms with Crippen LogP contribution in [0.25, 0.3) is 11.0 Å². The summed E-state index contributed by atoms with van der Waals surface area (Å²) in [7, 11) is -2.13. The first-order valence-electron chi connectivity index (χ1n) is 9.28. The van der Waals surface area contributed by atoms with Crippen molar-refractivity contribution in [3.63, 3.8) is 0 Å². The average molecular weight is 423 g/mol. The number of aryl methyl sites for hydroxylation is 3.